The minimum absolute atomic E-state index is 0.0721. The number of nitrogens with zero attached hydrogens (tertiary/aromatic N) is 5. The molecule has 154 valence electrons. The highest BCUT2D eigenvalue weighted by atomic mass is 16.5. The molecule has 1 fully saturated rings. The zero-order valence-corrected chi connectivity index (χ0v) is 17.3. The maximum atomic E-state index is 12.6. The molecule has 3 heterocycles. The smallest absolute Gasteiger partial charge is 0.263 e. The number of anilines is 1. The van der Waals surface area contributed by atoms with Crippen molar-refractivity contribution in [2.24, 2.45) is 5.92 Å². The first-order valence-electron chi connectivity index (χ1n) is 10.5. The fourth-order valence-electron chi connectivity index (χ4n) is 3.79. The number of nitrogens with one attached hydrogen (secondary N) is 1. The summed E-state index contributed by atoms with van der Waals surface area (Å²) >= 11 is 0. The zero-order chi connectivity index (χ0) is 19.9. The fraction of sp³-hybridized carbons (Fsp3) is 0.700. The van der Waals surface area contributed by atoms with E-state index < -0.39 is 0 Å². The van der Waals surface area contributed by atoms with Gasteiger partial charge in [0.25, 0.3) is 5.71 Å². The van der Waals surface area contributed by atoms with Gasteiger partial charge >= 0.3 is 0 Å². The Hall–Kier alpha value is -2.22. The van der Waals surface area contributed by atoms with Crippen LogP contribution < -0.4 is 10.2 Å². The van der Waals surface area contributed by atoms with Crippen molar-refractivity contribution < 1.29 is 9.32 Å². The number of aryl methyl sites for hydroxylation is 1. The zero-order valence-electron chi connectivity index (χ0n) is 17.3. The van der Waals surface area contributed by atoms with Gasteiger partial charge in [-0.1, -0.05) is 25.4 Å². The molecule has 0 bridgehead atoms. The molecule has 8 nitrogen and oxygen atoms in total. The van der Waals surface area contributed by atoms with Crippen molar-refractivity contribution in [2.75, 3.05) is 44.2 Å². The third kappa shape index (κ3) is 4.79. The molecule has 0 aromatic carbocycles. The summed E-state index contributed by atoms with van der Waals surface area (Å²) in [4.78, 5) is 25.7. The number of aromatic nitrogens is 3. The molecule has 1 aliphatic heterocycles. The summed E-state index contributed by atoms with van der Waals surface area (Å²) < 4.78 is 5.24. The number of amides is 1. The van der Waals surface area contributed by atoms with Gasteiger partial charge in [-0.05, 0) is 39.3 Å². The van der Waals surface area contributed by atoms with E-state index >= 15 is 0 Å². The highest BCUT2D eigenvalue weighted by molar-refractivity contribution is 5.88. The van der Waals surface area contributed by atoms with Gasteiger partial charge in [0.1, 0.15) is 17.5 Å². The topological polar surface area (TPSA) is 87.4 Å². The lowest BCUT2D eigenvalue weighted by Gasteiger charge is -2.32. The Morgan fingerprint density at radius 3 is 2.79 bits per heavy atom. The van der Waals surface area contributed by atoms with Crippen molar-refractivity contribution in [3.05, 3.63) is 12.0 Å². The molecule has 0 spiro atoms. The molecule has 0 saturated carbocycles. The van der Waals surface area contributed by atoms with E-state index in [2.05, 4.69) is 44.1 Å². The largest absolute Gasteiger partial charge is 0.356 e. The number of piperidine rings is 1. The molecular weight excluding hydrogens is 356 g/mol. The molecule has 0 unspecified atom stereocenters. The fourth-order valence-corrected chi connectivity index (χ4v) is 3.79. The maximum Gasteiger partial charge on any atom is 0.263 e. The second-order valence-electron chi connectivity index (χ2n) is 7.49. The van der Waals surface area contributed by atoms with Gasteiger partial charge in [-0.2, -0.15) is 4.98 Å². The SMILES string of the molecule is CCCCN(CC)CCNC(=O)C1CCN(c2ncnc3onc(C)c23)CC1. The number of rotatable bonds is 9. The molecule has 2 aromatic rings. The van der Waals surface area contributed by atoms with Crippen molar-refractivity contribution in [3.63, 3.8) is 0 Å². The minimum atomic E-state index is 0.0721. The number of carbonyl (C=O) groups excluding carboxylic acids is 1. The van der Waals surface area contributed by atoms with Gasteiger partial charge in [-0.3, -0.25) is 4.79 Å². The van der Waals surface area contributed by atoms with Crippen LogP contribution in [0.5, 0.6) is 0 Å². The standard InChI is InChI=1S/C20H32N6O2/c1-4-6-10-25(5-2)13-9-21-19(27)16-7-11-26(12-8-16)18-17-15(3)24-28-20(17)23-14-22-18/h14,16H,4-13H2,1-3H3,(H,21,27). The second-order valence-corrected chi connectivity index (χ2v) is 7.49. The van der Waals surface area contributed by atoms with Crippen molar-refractivity contribution in [1.29, 1.82) is 0 Å². The van der Waals surface area contributed by atoms with E-state index in [1.807, 2.05) is 6.92 Å². The lowest BCUT2D eigenvalue weighted by atomic mass is 9.95. The average molecular weight is 389 g/mol. The summed E-state index contributed by atoms with van der Waals surface area (Å²) in [6.45, 7) is 11.7. The summed E-state index contributed by atoms with van der Waals surface area (Å²) in [5.41, 5.74) is 1.32. The van der Waals surface area contributed by atoms with Gasteiger partial charge in [-0.25, -0.2) is 4.98 Å². The lowest BCUT2D eigenvalue weighted by molar-refractivity contribution is -0.125. The van der Waals surface area contributed by atoms with E-state index in [4.69, 9.17) is 4.52 Å². The van der Waals surface area contributed by atoms with E-state index in [1.165, 1.54) is 19.2 Å². The van der Waals surface area contributed by atoms with Crippen LogP contribution in [0.15, 0.2) is 10.9 Å². The molecule has 3 rings (SSSR count). The van der Waals surface area contributed by atoms with Crippen LogP contribution in [-0.4, -0.2) is 65.2 Å². The molecule has 28 heavy (non-hydrogen) atoms. The Labute approximate surface area is 166 Å². The van der Waals surface area contributed by atoms with Crippen molar-refractivity contribution in [2.45, 2.75) is 46.5 Å². The maximum absolute atomic E-state index is 12.6. The monoisotopic (exact) mass is 388 g/mol. The summed E-state index contributed by atoms with van der Waals surface area (Å²) in [6, 6.07) is 0. The third-order valence-electron chi connectivity index (χ3n) is 5.59. The van der Waals surface area contributed by atoms with E-state index in [9.17, 15) is 4.79 Å². The van der Waals surface area contributed by atoms with Crippen molar-refractivity contribution in [3.8, 4) is 0 Å². The summed E-state index contributed by atoms with van der Waals surface area (Å²) in [7, 11) is 0. The number of carbonyl (C=O) groups is 1. The van der Waals surface area contributed by atoms with Gasteiger partial charge < -0.3 is 19.6 Å². The Bertz CT molecular complexity index is 769. The van der Waals surface area contributed by atoms with E-state index in [-0.39, 0.29) is 11.8 Å². The Morgan fingerprint density at radius 2 is 2.07 bits per heavy atom. The minimum Gasteiger partial charge on any atom is -0.356 e. The first-order chi connectivity index (χ1) is 13.6. The Morgan fingerprint density at radius 1 is 1.29 bits per heavy atom. The molecule has 0 atom stereocenters. The van der Waals surface area contributed by atoms with Crippen molar-refractivity contribution >= 4 is 22.8 Å². The van der Waals surface area contributed by atoms with Crippen LogP contribution >= 0.6 is 0 Å². The lowest BCUT2D eigenvalue weighted by Crippen LogP contribution is -2.43. The van der Waals surface area contributed by atoms with Gasteiger partial charge in [-0.15, -0.1) is 0 Å². The van der Waals surface area contributed by atoms with Crippen LogP contribution in [-0.2, 0) is 4.79 Å². The van der Waals surface area contributed by atoms with Crippen LogP contribution in [0.4, 0.5) is 5.82 Å². The molecule has 1 saturated heterocycles. The number of fused-ring (bicyclic) bond motifs is 1. The quantitative estimate of drug-likeness (QED) is 0.705. The van der Waals surface area contributed by atoms with E-state index in [0.29, 0.717) is 5.71 Å². The predicted octanol–water partition coefficient (Wildman–Crippen LogP) is 2.38. The molecule has 0 aliphatic carbocycles. The molecule has 8 heteroatoms. The van der Waals surface area contributed by atoms with Crippen LogP contribution in [0.25, 0.3) is 11.1 Å². The third-order valence-corrected chi connectivity index (χ3v) is 5.59. The van der Waals surface area contributed by atoms with Gasteiger partial charge in [0.05, 0.1) is 5.69 Å². The molecule has 1 aliphatic rings. The number of likely N-dealkylation sites (N-methyl/N-ethyl adjacent to an activating group) is 1. The second kappa shape index (κ2) is 9.82. The Balaban J connectivity index is 1.48. The first-order valence-corrected chi connectivity index (χ1v) is 10.5. The first kappa shape index (κ1) is 20.5. The molecule has 1 N–H and O–H groups in total. The predicted molar refractivity (Wildman–Crippen MR) is 109 cm³/mol. The van der Waals surface area contributed by atoms with E-state index in [1.54, 1.807) is 0 Å². The normalized spacial score (nSPS) is 15.5. The molecule has 0 radical (unpaired) electrons. The molecular formula is C20H32N6O2. The van der Waals surface area contributed by atoms with Gasteiger partial charge in [0.2, 0.25) is 5.91 Å². The average Bonchev–Trinajstić information content (AvgIpc) is 3.11. The molecule has 2 aromatic heterocycles. The highest BCUT2D eigenvalue weighted by Gasteiger charge is 2.27. The Kier molecular flexibility index (Phi) is 7.19. The van der Waals surface area contributed by atoms with Crippen molar-refractivity contribution in [1.82, 2.24) is 25.3 Å². The number of unbranched alkanes of at least 4 members (excludes halogenated alkanes) is 1. The highest BCUT2D eigenvalue weighted by Crippen LogP contribution is 2.29. The molecule has 1 amide bonds. The van der Waals surface area contributed by atoms with Crippen LogP contribution in [0.3, 0.4) is 0 Å². The van der Waals surface area contributed by atoms with Crippen LogP contribution in [0.2, 0.25) is 0 Å². The summed E-state index contributed by atoms with van der Waals surface area (Å²) in [6.07, 6.45) is 5.58. The summed E-state index contributed by atoms with van der Waals surface area (Å²) in [5, 5.41) is 8.00. The van der Waals surface area contributed by atoms with E-state index in [0.717, 1.165) is 69.0 Å². The van der Waals surface area contributed by atoms with Gasteiger partial charge in [0.15, 0.2) is 0 Å². The van der Waals surface area contributed by atoms with Gasteiger partial charge in [0, 0.05) is 32.1 Å². The number of hydrogen-bond acceptors (Lipinski definition) is 7. The summed E-state index contributed by atoms with van der Waals surface area (Å²) in [5.74, 6) is 1.11. The number of hydrogen-bond donors (Lipinski definition) is 1. The van der Waals surface area contributed by atoms with Crippen LogP contribution in [0, 0.1) is 12.8 Å². The van der Waals surface area contributed by atoms with Crippen LogP contribution in [0.1, 0.15) is 45.2 Å².